The quantitative estimate of drug-likeness (QED) is 0.721. The van der Waals surface area contributed by atoms with Crippen LogP contribution < -0.4 is 5.32 Å². The smallest absolute Gasteiger partial charge is 0.119 e. The van der Waals surface area contributed by atoms with Crippen molar-refractivity contribution in [2.24, 2.45) is 7.05 Å². The molecule has 4 nitrogen and oxygen atoms in total. The summed E-state index contributed by atoms with van der Waals surface area (Å²) in [4.78, 5) is 8.96. The van der Waals surface area contributed by atoms with Gasteiger partial charge < -0.3 is 9.88 Å². The van der Waals surface area contributed by atoms with Crippen molar-refractivity contribution < 1.29 is 0 Å². The minimum Gasteiger partial charge on any atom is -0.384 e. The van der Waals surface area contributed by atoms with E-state index in [4.69, 9.17) is 4.98 Å². The highest BCUT2D eigenvalue weighted by atomic mass is 15.1. The summed E-state index contributed by atoms with van der Waals surface area (Å²) in [5, 5.41) is 3.45. The van der Waals surface area contributed by atoms with Crippen molar-refractivity contribution in [1.29, 1.82) is 0 Å². The Morgan fingerprint density at radius 3 is 3.05 bits per heavy atom. The zero-order chi connectivity index (χ0) is 12.8. The lowest BCUT2D eigenvalue weighted by atomic mass is 10.0. The Morgan fingerprint density at radius 2 is 2.16 bits per heavy atom. The summed E-state index contributed by atoms with van der Waals surface area (Å²) in [6, 6.07) is 10.4. The average molecular weight is 250 g/mol. The van der Waals surface area contributed by atoms with Gasteiger partial charge in [0.05, 0.1) is 23.1 Å². The van der Waals surface area contributed by atoms with E-state index in [0.717, 1.165) is 23.4 Å². The number of nitrogens with zero attached hydrogens (tertiary/aromatic N) is 3. The molecule has 1 aromatic carbocycles. The molecule has 0 fully saturated rings. The first-order valence-electron chi connectivity index (χ1n) is 6.44. The molecular formula is C15H14N4. The van der Waals surface area contributed by atoms with Gasteiger partial charge in [-0.05, 0) is 17.7 Å². The molecule has 0 saturated carbocycles. The van der Waals surface area contributed by atoms with Gasteiger partial charge in [0.1, 0.15) is 5.82 Å². The van der Waals surface area contributed by atoms with Gasteiger partial charge in [0, 0.05) is 25.5 Å². The molecule has 0 amide bonds. The van der Waals surface area contributed by atoms with E-state index in [2.05, 4.69) is 46.2 Å². The molecule has 94 valence electrons. The van der Waals surface area contributed by atoms with Gasteiger partial charge in [0.2, 0.25) is 0 Å². The van der Waals surface area contributed by atoms with E-state index in [-0.39, 0.29) is 0 Å². The highest BCUT2D eigenvalue weighted by Crippen LogP contribution is 2.36. The van der Waals surface area contributed by atoms with Crippen LogP contribution in [0.4, 0.5) is 5.69 Å². The number of anilines is 1. The van der Waals surface area contributed by atoms with Gasteiger partial charge >= 0.3 is 0 Å². The SMILES string of the molecule is Cn1c(C2CNc3ccccc32)nc2ccncc21. The minimum absolute atomic E-state index is 0.314. The van der Waals surface area contributed by atoms with Gasteiger partial charge in [-0.25, -0.2) is 4.98 Å². The van der Waals surface area contributed by atoms with Crippen LogP contribution in [0, 0.1) is 0 Å². The summed E-state index contributed by atoms with van der Waals surface area (Å²) in [6.45, 7) is 0.907. The van der Waals surface area contributed by atoms with E-state index < -0.39 is 0 Å². The molecular weight excluding hydrogens is 236 g/mol. The summed E-state index contributed by atoms with van der Waals surface area (Å²) >= 11 is 0. The molecule has 1 atom stereocenters. The lowest BCUT2D eigenvalue weighted by Gasteiger charge is -2.10. The Morgan fingerprint density at radius 1 is 1.26 bits per heavy atom. The number of aromatic nitrogens is 3. The van der Waals surface area contributed by atoms with Crippen molar-refractivity contribution >= 4 is 16.7 Å². The lowest BCUT2D eigenvalue weighted by molar-refractivity contribution is 0.748. The molecule has 4 rings (SSSR count). The highest BCUT2D eigenvalue weighted by molar-refractivity contribution is 5.75. The van der Waals surface area contributed by atoms with E-state index in [1.165, 1.54) is 11.3 Å². The number of pyridine rings is 1. The number of nitrogens with one attached hydrogen (secondary N) is 1. The summed E-state index contributed by atoms with van der Waals surface area (Å²) < 4.78 is 2.15. The molecule has 4 heteroatoms. The normalized spacial score (nSPS) is 17.4. The van der Waals surface area contributed by atoms with E-state index in [1.807, 2.05) is 12.3 Å². The number of fused-ring (bicyclic) bond motifs is 2. The molecule has 0 saturated heterocycles. The summed E-state index contributed by atoms with van der Waals surface area (Å²) in [7, 11) is 2.06. The van der Waals surface area contributed by atoms with Gasteiger partial charge in [0.25, 0.3) is 0 Å². The molecule has 0 bridgehead atoms. The number of para-hydroxylation sites is 1. The van der Waals surface area contributed by atoms with Crippen LogP contribution in [0.2, 0.25) is 0 Å². The zero-order valence-corrected chi connectivity index (χ0v) is 10.7. The topological polar surface area (TPSA) is 42.7 Å². The Hall–Kier alpha value is -2.36. The Labute approximate surface area is 111 Å². The number of aryl methyl sites for hydroxylation is 1. The third-order valence-corrected chi connectivity index (χ3v) is 3.86. The summed E-state index contributed by atoms with van der Waals surface area (Å²) in [5.41, 5.74) is 4.64. The van der Waals surface area contributed by atoms with Crippen LogP contribution in [0.3, 0.4) is 0 Å². The Balaban J connectivity index is 1.90. The highest BCUT2D eigenvalue weighted by Gasteiger charge is 2.27. The first-order chi connectivity index (χ1) is 9.34. The van der Waals surface area contributed by atoms with Gasteiger partial charge in [-0.1, -0.05) is 18.2 Å². The van der Waals surface area contributed by atoms with E-state index in [9.17, 15) is 0 Å². The van der Waals surface area contributed by atoms with E-state index in [0.29, 0.717) is 5.92 Å². The van der Waals surface area contributed by atoms with Crippen LogP contribution in [0.15, 0.2) is 42.7 Å². The van der Waals surface area contributed by atoms with Crippen LogP contribution in [-0.4, -0.2) is 21.1 Å². The maximum absolute atomic E-state index is 4.78. The molecule has 2 aromatic heterocycles. The third-order valence-electron chi connectivity index (χ3n) is 3.86. The fraction of sp³-hybridized carbons (Fsp3) is 0.200. The van der Waals surface area contributed by atoms with Gasteiger partial charge in [-0.3, -0.25) is 4.98 Å². The molecule has 0 radical (unpaired) electrons. The Kier molecular flexibility index (Phi) is 2.12. The Bertz CT molecular complexity index is 760. The molecule has 3 heterocycles. The molecule has 0 aliphatic carbocycles. The van der Waals surface area contributed by atoms with Crippen LogP contribution in [0.5, 0.6) is 0 Å². The number of benzene rings is 1. The van der Waals surface area contributed by atoms with Crippen molar-refractivity contribution in [2.45, 2.75) is 5.92 Å². The standard InChI is InChI=1S/C15H14N4/c1-19-14-9-16-7-6-13(14)18-15(19)11-8-17-12-5-3-2-4-10(11)12/h2-7,9,11,17H,8H2,1H3. The van der Waals surface area contributed by atoms with Gasteiger partial charge in [0.15, 0.2) is 0 Å². The predicted octanol–water partition coefficient (Wildman–Crippen LogP) is 2.53. The van der Waals surface area contributed by atoms with Crippen molar-refractivity contribution in [2.75, 3.05) is 11.9 Å². The maximum Gasteiger partial charge on any atom is 0.119 e. The van der Waals surface area contributed by atoms with Crippen LogP contribution in [-0.2, 0) is 7.05 Å². The first kappa shape index (κ1) is 10.6. The second kappa shape index (κ2) is 3.82. The van der Waals surface area contributed by atoms with E-state index in [1.54, 1.807) is 6.20 Å². The summed E-state index contributed by atoms with van der Waals surface area (Å²) in [5.74, 6) is 1.41. The average Bonchev–Trinajstić information content (AvgIpc) is 3.01. The predicted molar refractivity (Wildman–Crippen MR) is 75.3 cm³/mol. The number of imidazole rings is 1. The molecule has 1 N–H and O–H groups in total. The fourth-order valence-electron chi connectivity index (χ4n) is 2.88. The zero-order valence-electron chi connectivity index (χ0n) is 10.7. The van der Waals surface area contributed by atoms with E-state index >= 15 is 0 Å². The second-order valence-corrected chi connectivity index (χ2v) is 4.91. The molecule has 0 spiro atoms. The summed E-state index contributed by atoms with van der Waals surface area (Å²) in [6.07, 6.45) is 3.67. The fourth-order valence-corrected chi connectivity index (χ4v) is 2.88. The second-order valence-electron chi connectivity index (χ2n) is 4.91. The van der Waals surface area contributed by atoms with Crippen LogP contribution in [0.25, 0.3) is 11.0 Å². The van der Waals surface area contributed by atoms with Crippen LogP contribution >= 0.6 is 0 Å². The molecule has 1 aliphatic heterocycles. The number of hydrogen-bond donors (Lipinski definition) is 1. The monoisotopic (exact) mass is 250 g/mol. The molecule has 19 heavy (non-hydrogen) atoms. The lowest BCUT2D eigenvalue weighted by Crippen LogP contribution is -2.09. The molecule has 1 aliphatic rings. The van der Waals surface area contributed by atoms with Crippen molar-refractivity contribution in [3.8, 4) is 0 Å². The van der Waals surface area contributed by atoms with Crippen molar-refractivity contribution in [3.05, 3.63) is 54.1 Å². The number of rotatable bonds is 1. The minimum atomic E-state index is 0.314. The molecule has 1 unspecified atom stereocenters. The maximum atomic E-state index is 4.78. The third kappa shape index (κ3) is 1.46. The van der Waals surface area contributed by atoms with Gasteiger partial charge in [-0.2, -0.15) is 0 Å². The van der Waals surface area contributed by atoms with Crippen LogP contribution in [0.1, 0.15) is 17.3 Å². The van der Waals surface area contributed by atoms with Gasteiger partial charge in [-0.15, -0.1) is 0 Å². The first-order valence-corrected chi connectivity index (χ1v) is 6.44. The number of hydrogen-bond acceptors (Lipinski definition) is 3. The molecule has 3 aromatic rings. The largest absolute Gasteiger partial charge is 0.384 e. The van der Waals surface area contributed by atoms with Crippen molar-refractivity contribution in [3.63, 3.8) is 0 Å². The van der Waals surface area contributed by atoms with Crippen molar-refractivity contribution in [1.82, 2.24) is 14.5 Å².